The minimum absolute atomic E-state index is 0.153. The Balaban J connectivity index is 2.88. The van der Waals surface area contributed by atoms with Gasteiger partial charge in [-0.2, -0.15) is 0 Å². The van der Waals surface area contributed by atoms with Gasteiger partial charge >= 0.3 is 0 Å². The SMILES string of the molecule is Cc1cc(C)c(CN(C)C(C)(C)CCN)cc1C. The largest absolute Gasteiger partial charge is 0.330 e. The van der Waals surface area contributed by atoms with Crippen molar-refractivity contribution in [3.05, 3.63) is 34.4 Å². The maximum atomic E-state index is 5.69. The van der Waals surface area contributed by atoms with Crippen LogP contribution in [0.2, 0.25) is 0 Å². The number of benzene rings is 1. The van der Waals surface area contributed by atoms with E-state index in [0.717, 1.165) is 19.5 Å². The van der Waals surface area contributed by atoms with Gasteiger partial charge in [-0.25, -0.2) is 0 Å². The normalized spacial score (nSPS) is 12.2. The Labute approximate surface area is 112 Å². The second kappa shape index (κ2) is 5.85. The van der Waals surface area contributed by atoms with E-state index in [0.29, 0.717) is 0 Å². The first-order valence-corrected chi connectivity index (χ1v) is 6.76. The van der Waals surface area contributed by atoms with Crippen LogP contribution in [0, 0.1) is 20.8 Å². The molecule has 102 valence electrons. The molecule has 0 fully saturated rings. The van der Waals surface area contributed by atoms with Crippen LogP contribution in [0.5, 0.6) is 0 Å². The van der Waals surface area contributed by atoms with Gasteiger partial charge in [-0.05, 0) is 76.9 Å². The molecule has 0 atom stereocenters. The molecule has 0 spiro atoms. The van der Waals surface area contributed by atoms with Crippen LogP contribution in [0.1, 0.15) is 42.5 Å². The second-order valence-electron chi connectivity index (χ2n) is 6.07. The van der Waals surface area contributed by atoms with Gasteiger partial charge < -0.3 is 5.73 Å². The Morgan fingerprint density at radius 1 is 1.06 bits per heavy atom. The molecular formula is C16H28N2. The lowest BCUT2D eigenvalue weighted by atomic mass is 9.96. The summed E-state index contributed by atoms with van der Waals surface area (Å²) in [5.74, 6) is 0. The van der Waals surface area contributed by atoms with Crippen molar-refractivity contribution in [3.63, 3.8) is 0 Å². The van der Waals surface area contributed by atoms with Gasteiger partial charge in [0.25, 0.3) is 0 Å². The van der Waals surface area contributed by atoms with Crippen molar-refractivity contribution < 1.29 is 0 Å². The fourth-order valence-electron chi connectivity index (χ4n) is 2.20. The zero-order valence-electron chi connectivity index (χ0n) is 12.8. The number of hydrogen-bond donors (Lipinski definition) is 1. The van der Waals surface area contributed by atoms with E-state index in [4.69, 9.17) is 5.73 Å². The highest BCUT2D eigenvalue weighted by atomic mass is 15.2. The summed E-state index contributed by atoms with van der Waals surface area (Å²) in [6.45, 7) is 12.8. The third-order valence-corrected chi connectivity index (χ3v) is 4.15. The van der Waals surface area contributed by atoms with Gasteiger partial charge in [-0.1, -0.05) is 12.1 Å². The summed E-state index contributed by atoms with van der Waals surface area (Å²) in [5, 5.41) is 0. The Kier molecular flexibility index (Phi) is 4.94. The van der Waals surface area contributed by atoms with Crippen molar-refractivity contribution in [2.24, 2.45) is 5.73 Å². The van der Waals surface area contributed by atoms with Crippen LogP contribution >= 0.6 is 0 Å². The van der Waals surface area contributed by atoms with Crippen molar-refractivity contribution in [3.8, 4) is 0 Å². The molecule has 0 aromatic heterocycles. The van der Waals surface area contributed by atoms with Crippen LogP contribution in [0.25, 0.3) is 0 Å². The van der Waals surface area contributed by atoms with E-state index in [1.165, 1.54) is 22.3 Å². The molecule has 0 amide bonds. The highest BCUT2D eigenvalue weighted by molar-refractivity contribution is 5.36. The first kappa shape index (κ1) is 15.2. The molecule has 2 nitrogen and oxygen atoms in total. The smallest absolute Gasteiger partial charge is 0.0238 e. The quantitative estimate of drug-likeness (QED) is 0.867. The number of rotatable bonds is 5. The highest BCUT2D eigenvalue weighted by Crippen LogP contribution is 2.22. The highest BCUT2D eigenvalue weighted by Gasteiger charge is 2.22. The summed E-state index contributed by atoms with van der Waals surface area (Å²) in [5.41, 5.74) is 11.4. The lowest BCUT2D eigenvalue weighted by Gasteiger charge is -2.36. The first-order valence-electron chi connectivity index (χ1n) is 6.76. The summed E-state index contributed by atoms with van der Waals surface area (Å²) in [6, 6.07) is 4.61. The monoisotopic (exact) mass is 248 g/mol. The van der Waals surface area contributed by atoms with Crippen LogP contribution in [-0.4, -0.2) is 24.0 Å². The van der Waals surface area contributed by atoms with Crippen molar-refractivity contribution in [1.82, 2.24) is 4.90 Å². The van der Waals surface area contributed by atoms with Crippen LogP contribution < -0.4 is 5.73 Å². The first-order chi connectivity index (χ1) is 8.27. The summed E-state index contributed by atoms with van der Waals surface area (Å²) >= 11 is 0. The maximum absolute atomic E-state index is 5.69. The van der Waals surface area contributed by atoms with E-state index in [-0.39, 0.29) is 5.54 Å². The average molecular weight is 248 g/mol. The zero-order chi connectivity index (χ0) is 13.9. The predicted octanol–water partition coefficient (Wildman–Crippen LogP) is 3.17. The Morgan fingerprint density at radius 2 is 1.61 bits per heavy atom. The Hall–Kier alpha value is -0.860. The van der Waals surface area contributed by atoms with Crippen molar-refractivity contribution in [2.75, 3.05) is 13.6 Å². The standard InChI is InChI=1S/C16H28N2/c1-12-9-14(3)15(10-13(12)2)11-18(6)16(4,5)7-8-17/h9-10H,7-8,11,17H2,1-6H3. The van der Waals surface area contributed by atoms with Crippen LogP contribution in [0.4, 0.5) is 0 Å². The number of hydrogen-bond acceptors (Lipinski definition) is 2. The van der Waals surface area contributed by atoms with E-state index >= 15 is 0 Å². The minimum atomic E-state index is 0.153. The van der Waals surface area contributed by atoms with Crippen molar-refractivity contribution in [1.29, 1.82) is 0 Å². The Bertz CT molecular complexity index is 408. The third-order valence-electron chi connectivity index (χ3n) is 4.15. The van der Waals surface area contributed by atoms with Crippen LogP contribution in [0.3, 0.4) is 0 Å². The van der Waals surface area contributed by atoms with E-state index < -0.39 is 0 Å². The third kappa shape index (κ3) is 3.56. The Morgan fingerprint density at radius 3 is 2.17 bits per heavy atom. The molecule has 1 rings (SSSR count). The lowest BCUT2D eigenvalue weighted by molar-refractivity contribution is 0.139. The molecular weight excluding hydrogens is 220 g/mol. The molecule has 2 heteroatoms. The van der Waals surface area contributed by atoms with Gasteiger partial charge in [-0.15, -0.1) is 0 Å². The van der Waals surface area contributed by atoms with Gasteiger partial charge in [-0.3, -0.25) is 4.90 Å². The van der Waals surface area contributed by atoms with Crippen LogP contribution in [0.15, 0.2) is 12.1 Å². The molecule has 2 N–H and O–H groups in total. The summed E-state index contributed by atoms with van der Waals surface area (Å²) in [7, 11) is 2.18. The predicted molar refractivity (Wildman–Crippen MR) is 79.9 cm³/mol. The molecule has 0 saturated heterocycles. The van der Waals surface area contributed by atoms with E-state index in [2.05, 4.69) is 58.7 Å². The van der Waals surface area contributed by atoms with Gasteiger partial charge in [0.05, 0.1) is 0 Å². The molecule has 0 saturated carbocycles. The molecule has 1 aromatic carbocycles. The van der Waals surface area contributed by atoms with E-state index in [9.17, 15) is 0 Å². The van der Waals surface area contributed by atoms with Gasteiger partial charge in [0.2, 0.25) is 0 Å². The lowest BCUT2D eigenvalue weighted by Crippen LogP contribution is -2.42. The summed E-state index contributed by atoms with van der Waals surface area (Å²) in [6.07, 6.45) is 1.02. The van der Waals surface area contributed by atoms with Gasteiger partial charge in [0.15, 0.2) is 0 Å². The number of nitrogens with two attached hydrogens (primary N) is 1. The average Bonchev–Trinajstić information content (AvgIpc) is 2.25. The molecule has 0 bridgehead atoms. The second-order valence-corrected chi connectivity index (χ2v) is 6.07. The molecule has 18 heavy (non-hydrogen) atoms. The topological polar surface area (TPSA) is 29.3 Å². The molecule has 0 aliphatic carbocycles. The summed E-state index contributed by atoms with van der Waals surface area (Å²) < 4.78 is 0. The fourth-order valence-corrected chi connectivity index (χ4v) is 2.20. The van der Waals surface area contributed by atoms with Crippen molar-refractivity contribution >= 4 is 0 Å². The fraction of sp³-hybridized carbons (Fsp3) is 0.625. The molecule has 0 radical (unpaired) electrons. The van der Waals surface area contributed by atoms with E-state index in [1.807, 2.05) is 0 Å². The summed E-state index contributed by atoms with van der Waals surface area (Å²) in [4.78, 5) is 2.40. The number of nitrogens with zero attached hydrogens (tertiary/aromatic N) is 1. The minimum Gasteiger partial charge on any atom is -0.330 e. The maximum Gasteiger partial charge on any atom is 0.0238 e. The zero-order valence-corrected chi connectivity index (χ0v) is 12.8. The van der Waals surface area contributed by atoms with E-state index in [1.54, 1.807) is 0 Å². The van der Waals surface area contributed by atoms with Gasteiger partial charge in [0.1, 0.15) is 0 Å². The molecule has 1 aromatic rings. The molecule has 0 unspecified atom stereocenters. The van der Waals surface area contributed by atoms with Crippen molar-refractivity contribution in [2.45, 2.75) is 53.1 Å². The van der Waals surface area contributed by atoms with Gasteiger partial charge in [0, 0.05) is 12.1 Å². The van der Waals surface area contributed by atoms with Crippen LogP contribution in [-0.2, 0) is 6.54 Å². The molecule has 0 aliphatic rings. The number of aryl methyl sites for hydroxylation is 3. The molecule has 0 heterocycles. The molecule has 0 aliphatic heterocycles.